The Bertz CT molecular complexity index is 1040. The quantitative estimate of drug-likeness (QED) is 0.560. The second-order valence-electron chi connectivity index (χ2n) is 8.39. The van der Waals surface area contributed by atoms with Crippen molar-refractivity contribution < 1.29 is 9.53 Å². The fourth-order valence-electron chi connectivity index (χ4n) is 4.60. The molecule has 1 fully saturated rings. The monoisotopic (exact) mass is 413 g/mol. The molecule has 0 bridgehead atoms. The molecule has 158 valence electrons. The molecule has 1 spiro atoms. The van der Waals surface area contributed by atoms with Crippen molar-refractivity contribution in [3.8, 4) is 5.75 Å². The molecule has 0 aliphatic carbocycles. The van der Waals surface area contributed by atoms with E-state index in [1.165, 1.54) is 0 Å². The number of fused-ring (bicyclic) bond motifs is 1. The van der Waals surface area contributed by atoms with E-state index in [1.54, 1.807) is 0 Å². The molecule has 3 aromatic rings. The van der Waals surface area contributed by atoms with Gasteiger partial charge in [-0.3, -0.25) is 4.79 Å². The molecule has 2 aliphatic heterocycles. The van der Waals surface area contributed by atoms with Crippen molar-refractivity contribution in [1.82, 2.24) is 5.32 Å². The van der Waals surface area contributed by atoms with Gasteiger partial charge in [-0.25, -0.2) is 0 Å². The van der Waals surface area contributed by atoms with Crippen molar-refractivity contribution in [2.75, 3.05) is 23.7 Å². The summed E-state index contributed by atoms with van der Waals surface area (Å²) < 4.78 is 6.44. The van der Waals surface area contributed by atoms with Crippen LogP contribution in [0.4, 0.5) is 17.1 Å². The summed E-state index contributed by atoms with van der Waals surface area (Å²) in [6.45, 7) is 1.85. The van der Waals surface area contributed by atoms with E-state index in [0.29, 0.717) is 6.42 Å². The van der Waals surface area contributed by atoms with Crippen LogP contribution in [0, 0.1) is 0 Å². The minimum Gasteiger partial charge on any atom is -0.487 e. The van der Waals surface area contributed by atoms with Crippen molar-refractivity contribution in [3.05, 3.63) is 84.4 Å². The van der Waals surface area contributed by atoms with Gasteiger partial charge in [0.1, 0.15) is 11.4 Å². The SMILES string of the molecule is O=C(Nc1ccc(Nc2ccccc2)cc1)[C@H]1CC2(CCNCC2)Oc2ccccc21. The molecule has 3 N–H and O–H groups in total. The molecule has 5 rings (SSSR count). The zero-order chi connectivity index (χ0) is 21.1. The maximum Gasteiger partial charge on any atom is 0.232 e. The topological polar surface area (TPSA) is 62.4 Å². The van der Waals surface area contributed by atoms with Crippen LogP contribution < -0.4 is 20.7 Å². The minimum atomic E-state index is -0.259. The second kappa shape index (κ2) is 8.44. The molecular formula is C26H27N3O2. The molecule has 5 nitrogen and oxygen atoms in total. The Labute approximate surface area is 182 Å². The predicted octanol–water partition coefficient (Wildman–Crippen LogP) is 5.06. The zero-order valence-electron chi connectivity index (χ0n) is 17.4. The van der Waals surface area contributed by atoms with E-state index >= 15 is 0 Å². The van der Waals surface area contributed by atoms with Crippen LogP contribution in [-0.4, -0.2) is 24.6 Å². The van der Waals surface area contributed by atoms with Gasteiger partial charge in [-0.2, -0.15) is 0 Å². The van der Waals surface area contributed by atoms with Gasteiger partial charge in [-0.05, 0) is 68.4 Å². The second-order valence-corrected chi connectivity index (χ2v) is 8.39. The summed E-state index contributed by atoms with van der Waals surface area (Å²) in [5.74, 6) is 0.654. The van der Waals surface area contributed by atoms with Crippen molar-refractivity contribution in [1.29, 1.82) is 0 Å². The largest absolute Gasteiger partial charge is 0.487 e. The Morgan fingerprint density at radius 3 is 2.26 bits per heavy atom. The Balaban J connectivity index is 1.32. The third-order valence-corrected chi connectivity index (χ3v) is 6.24. The first-order valence-electron chi connectivity index (χ1n) is 10.9. The maximum atomic E-state index is 13.3. The number of hydrogen-bond acceptors (Lipinski definition) is 4. The van der Waals surface area contributed by atoms with Crippen molar-refractivity contribution in [2.45, 2.75) is 30.8 Å². The van der Waals surface area contributed by atoms with Gasteiger partial charge >= 0.3 is 0 Å². The fourth-order valence-corrected chi connectivity index (χ4v) is 4.60. The lowest BCUT2D eigenvalue weighted by Crippen LogP contribution is -2.50. The number of rotatable bonds is 4. The highest BCUT2D eigenvalue weighted by atomic mass is 16.5. The molecule has 1 atom stereocenters. The first-order chi connectivity index (χ1) is 15.2. The molecule has 0 saturated carbocycles. The molecule has 31 heavy (non-hydrogen) atoms. The van der Waals surface area contributed by atoms with Gasteiger partial charge in [0.15, 0.2) is 0 Å². The number of anilines is 3. The Morgan fingerprint density at radius 2 is 1.48 bits per heavy atom. The smallest absolute Gasteiger partial charge is 0.232 e. The lowest BCUT2D eigenvalue weighted by Gasteiger charge is -2.44. The third-order valence-electron chi connectivity index (χ3n) is 6.24. The normalized spacial score (nSPS) is 19.2. The van der Waals surface area contributed by atoms with Crippen LogP contribution in [0.1, 0.15) is 30.7 Å². The number of hydrogen-bond donors (Lipinski definition) is 3. The van der Waals surface area contributed by atoms with Crippen LogP contribution in [0.25, 0.3) is 0 Å². The average Bonchev–Trinajstić information content (AvgIpc) is 2.81. The van der Waals surface area contributed by atoms with E-state index < -0.39 is 0 Å². The highest BCUT2D eigenvalue weighted by Gasteiger charge is 2.44. The summed E-state index contributed by atoms with van der Waals surface area (Å²) in [5.41, 5.74) is 3.53. The number of nitrogens with one attached hydrogen (secondary N) is 3. The molecule has 0 unspecified atom stereocenters. The molecule has 1 saturated heterocycles. The van der Waals surface area contributed by atoms with Crippen LogP contribution in [0.3, 0.4) is 0 Å². The van der Waals surface area contributed by atoms with E-state index in [2.05, 4.69) is 16.0 Å². The maximum absolute atomic E-state index is 13.3. The van der Waals surface area contributed by atoms with Crippen molar-refractivity contribution in [3.63, 3.8) is 0 Å². The Kier molecular flexibility index (Phi) is 5.35. The molecule has 1 amide bonds. The van der Waals surface area contributed by atoms with E-state index in [1.807, 2.05) is 78.9 Å². The molecular weight excluding hydrogens is 386 g/mol. The highest BCUT2D eigenvalue weighted by Crippen LogP contribution is 2.44. The predicted molar refractivity (Wildman–Crippen MR) is 124 cm³/mol. The summed E-state index contributed by atoms with van der Waals surface area (Å²) in [4.78, 5) is 13.3. The van der Waals surface area contributed by atoms with Gasteiger partial charge < -0.3 is 20.7 Å². The number of ether oxygens (including phenoxy) is 1. The lowest BCUT2D eigenvalue weighted by atomic mass is 9.77. The summed E-state index contributed by atoms with van der Waals surface area (Å²) in [6, 6.07) is 25.8. The van der Waals surface area contributed by atoms with Crippen LogP contribution in [0.2, 0.25) is 0 Å². The van der Waals surface area contributed by atoms with E-state index in [4.69, 9.17) is 4.74 Å². The standard InChI is InChI=1S/C26H27N3O2/c30-25(29-21-12-10-20(11-13-21)28-19-6-2-1-3-7-19)23-18-26(14-16-27-17-15-26)31-24-9-5-4-8-22(23)24/h1-13,23,27-28H,14-18H2,(H,29,30)/t23-/m0/s1. The third kappa shape index (κ3) is 4.28. The summed E-state index contributed by atoms with van der Waals surface area (Å²) in [7, 11) is 0. The summed E-state index contributed by atoms with van der Waals surface area (Å²) in [5, 5.41) is 9.89. The number of carbonyl (C=O) groups is 1. The molecule has 3 aromatic carbocycles. The molecule has 2 aliphatic rings. The highest BCUT2D eigenvalue weighted by molar-refractivity contribution is 5.96. The summed E-state index contributed by atoms with van der Waals surface area (Å²) in [6.07, 6.45) is 2.56. The van der Waals surface area contributed by atoms with Gasteiger partial charge in [0.05, 0.1) is 5.92 Å². The van der Waals surface area contributed by atoms with E-state index in [9.17, 15) is 4.79 Å². The molecule has 2 heterocycles. The van der Waals surface area contributed by atoms with E-state index in [0.717, 1.165) is 54.3 Å². The van der Waals surface area contributed by atoms with Gasteiger partial charge in [0, 0.05) is 29.0 Å². The summed E-state index contributed by atoms with van der Waals surface area (Å²) >= 11 is 0. The molecule has 5 heteroatoms. The van der Waals surface area contributed by atoms with Gasteiger partial charge in [0.25, 0.3) is 0 Å². The first-order valence-corrected chi connectivity index (χ1v) is 10.9. The number of benzene rings is 3. The van der Waals surface area contributed by atoms with Crippen molar-refractivity contribution >= 4 is 23.0 Å². The van der Waals surface area contributed by atoms with E-state index in [-0.39, 0.29) is 17.4 Å². The number of carbonyl (C=O) groups excluding carboxylic acids is 1. The van der Waals surface area contributed by atoms with Crippen LogP contribution >= 0.6 is 0 Å². The van der Waals surface area contributed by atoms with Gasteiger partial charge in [-0.15, -0.1) is 0 Å². The first kappa shape index (κ1) is 19.6. The Morgan fingerprint density at radius 1 is 0.839 bits per heavy atom. The number of piperidine rings is 1. The van der Waals surface area contributed by atoms with Crippen LogP contribution in [-0.2, 0) is 4.79 Å². The van der Waals surface area contributed by atoms with Crippen LogP contribution in [0.5, 0.6) is 5.75 Å². The number of amides is 1. The van der Waals surface area contributed by atoms with Crippen LogP contribution in [0.15, 0.2) is 78.9 Å². The van der Waals surface area contributed by atoms with Gasteiger partial charge in [-0.1, -0.05) is 36.4 Å². The lowest BCUT2D eigenvalue weighted by molar-refractivity contribution is -0.120. The number of para-hydroxylation sites is 2. The fraction of sp³-hybridized carbons (Fsp3) is 0.269. The van der Waals surface area contributed by atoms with Gasteiger partial charge in [0.2, 0.25) is 5.91 Å². The van der Waals surface area contributed by atoms with Crippen molar-refractivity contribution in [2.24, 2.45) is 0 Å². The molecule has 0 aromatic heterocycles. The average molecular weight is 414 g/mol. The minimum absolute atomic E-state index is 0.0254. The zero-order valence-corrected chi connectivity index (χ0v) is 17.4. The Hall–Kier alpha value is -3.31. The molecule has 0 radical (unpaired) electrons.